The van der Waals surface area contributed by atoms with E-state index in [1.807, 2.05) is 26.8 Å². The van der Waals surface area contributed by atoms with Gasteiger partial charge in [0.15, 0.2) is 6.23 Å². The van der Waals surface area contributed by atoms with Gasteiger partial charge in [-0.1, -0.05) is 18.2 Å². The molecule has 1 unspecified atom stereocenters. The number of amides is 1. The van der Waals surface area contributed by atoms with Crippen molar-refractivity contribution in [2.24, 2.45) is 0 Å². The summed E-state index contributed by atoms with van der Waals surface area (Å²) in [6.45, 7) is 6.00. The zero-order valence-electron chi connectivity index (χ0n) is 13.4. The zero-order valence-corrected chi connectivity index (χ0v) is 13.4. The standard InChI is InChI=1S/C17H23NO4/c1-17(2,3)22-16(20)18-12-8-7-11-14(18)21-15(19)13-9-5-4-6-10-13/h4-6,9-10,14H,7-8,11-12H2,1-3H3. The zero-order chi connectivity index (χ0) is 16.2. The normalized spacial score (nSPS) is 18.7. The predicted octanol–water partition coefficient (Wildman–Crippen LogP) is 3.59. The van der Waals surface area contributed by atoms with Gasteiger partial charge in [-0.15, -0.1) is 0 Å². The molecule has 1 atom stereocenters. The molecule has 1 aliphatic rings. The van der Waals surface area contributed by atoms with Gasteiger partial charge in [0.2, 0.25) is 0 Å². The molecule has 0 aliphatic carbocycles. The Labute approximate surface area is 131 Å². The van der Waals surface area contributed by atoms with E-state index in [-0.39, 0.29) is 0 Å². The van der Waals surface area contributed by atoms with Crippen molar-refractivity contribution in [2.45, 2.75) is 51.9 Å². The Morgan fingerprint density at radius 1 is 1.14 bits per heavy atom. The largest absolute Gasteiger partial charge is 0.444 e. The van der Waals surface area contributed by atoms with Gasteiger partial charge in [-0.2, -0.15) is 0 Å². The van der Waals surface area contributed by atoms with Crippen LogP contribution in [0.5, 0.6) is 0 Å². The number of carbonyl (C=O) groups is 2. The van der Waals surface area contributed by atoms with E-state index >= 15 is 0 Å². The first-order valence-corrected chi connectivity index (χ1v) is 7.62. The Balaban J connectivity index is 2.04. The number of benzene rings is 1. The van der Waals surface area contributed by atoms with Crippen molar-refractivity contribution < 1.29 is 19.1 Å². The minimum absolute atomic E-state index is 0.416. The molecule has 1 aromatic carbocycles. The molecule has 0 radical (unpaired) electrons. The molecule has 0 spiro atoms. The van der Waals surface area contributed by atoms with Gasteiger partial charge >= 0.3 is 12.1 Å². The fourth-order valence-corrected chi connectivity index (χ4v) is 2.32. The monoisotopic (exact) mass is 305 g/mol. The fourth-order valence-electron chi connectivity index (χ4n) is 2.32. The van der Waals surface area contributed by atoms with Gasteiger partial charge < -0.3 is 9.47 Å². The molecule has 1 saturated heterocycles. The van der Waals surface area contributed by atoms with Gasteiger partial charge in [0.05, 0.1) is 5.56 Å². The van der Waals surface area contributed by atoms with Crippen molar-refractivity contribution in [1.29, 1.82) is 0 Å². The van der Waals surface area contributed by atoms with E-state index < -0.39 is 23.9 Å². The first-order valence-electron chi connectivity index (χ1n) is 7.62. The molecule has 1 aromatic rings. The number of piperidine rings is 1. The van der Waals surface area contributed by atoms with Crippen LogP contribution in [0.25, 0.3) is 0 Å². The highest BCUT2D eigenvalue weighted by atomic mass is 16.6. The van der Waals surface area contributed by atoms with Crippen LogP contribution >= 0.6 is 0 Å². The molecule has 22 heavy (non-hydrogen) atoms. The number of esters is 1. The van der Waals surface area contributed by atoms with Crippen LogP contribution in [0.4, 0.5) is 4.79 Å². The molecule has 5 nitrogen and oxygen atoms in total. The van der Waals surface area contributed by atoms with E-state index in [4.69, 9.17) is 9.47 Å². The van der Waals surface area contributed by atoms with Gasteiger partial charge in [0.25, 0.3) is 0 Å². The van der Waals surface area contributed by atoms with Crippen LogP contribution in [0, 0.1) is 0 Å². The highest BCUT2D eigenvalue weighted by Crippen LogP contribution is 2.22. The molecule has 1 amide bonds. The molecule has 0 aromatic heterocycles. The minimum Gasteiger partial charge on any atom is -0.444 e. The Bertz CT molecular complexity index is 521. The van der Waals surface area contributed by atoms with Crippen LogP contribution in [0.3, 0.4) is 0 Å². The highest BCUT2D eigenvalue weighted by Gasteiger charge is 2.33. The van der Waals surface area contributed by atoms with Crippen molar-refractivity contribution in [3.63, 3.8) is 0 Å². The summed E-state index contributed by atoms with van der Waals surface area (Å²) in [4.78, 5) is 25.9. The average Bonchev–Trinajstić information content (AvgIpc) is 2.47. The number of hydrogen-bond donors (Lipinski definition) is 0. The maximum absolute atomic E-state index is 12.3. The molecule has 1 fully saturated rings. The number of rotatable bonds is 2. The second-order valence-electron chi connectivity index (χ2n) is 6.40. The molecular formula is C17H23NO4. The molecule has 0 N–H and O–H groups in total. The van der Waals surface area contributed by atoms with E-state index in [1.54, 1.807) is 24.3 Å². The summed E-state index contributed by atoms with van der Waals surface area (Å²) in [6.07, 6.45) is 1.46. The van der Waals surface area contributed by atoms with Crippen molar-refractivity contribution in [1.82, 2.24) is 4.90 Å². The third kappa shape index (κ3) is 4.48. The van der Waals surface area contributed by atoms with E-state index in [9.17, 15) is 9.59 Å². The van der Waals surface area contributed by atoms with Crippen LogP contribution in [0.15, 0.2) is 30.3 Å². The molecule has 5 heteroatoms. The molecule has 0 saturated carbocycles. The first-order chi connectivity index (χ1) is 10.4. The molecule has 120 valence electrons. The van der Waals surface area contributed by atoms with Crippen molar-refractivity contribution in [3.05, 3.63) is 35.9 Å². The van der Waals surface area contributed by atoms with Gasteiger partial charge in [-0.3, -0.25) is 4.90 Å². The number of carbonyl (C=O) groups excluding carboxylic acids is 2. The van der Waals surface area contributed by atoms with E-state index in [0.717, 1.165) is 12.8 Å². The van der Waals surface area contributed by atoms with Crippen LogP contribution in [-0.2, 0) is 9.47 Å². The Morgan fingerprint density at radius 2 is 1.82 bits per heavy atom. The quantitative estimate of drug-likeness (QED) is 0.784. The lowest BCUT2D eigenvalue weighted by atomic mass is 10.1. The highest BCUT2D eigenvalue weighted by molar-refractivity contribution is 5.89. The van der Waals surface area contributed by atoms with E-state index in [1.165, 1.54) is 4.90 Å². The fraction of sp³-hybridized carbons (Fsp3) is 0.529. The maximum Gasteiger partial charge on any atom is 0.413 e. The van der Waals surface area contributed by atoms with Crippen LogP contribution < -0.4 is 0 Å². The lowest BCUT2D eigenvalue weighted by Crippen LogP contribution is -2.48. The van der Waals surface area contributed by atoms with Gasteiger partial charge in [0, 0.05) is 13.0 Å². The predicted molar refractivity (Wildman–Crippen MR) is 82.4 cm³/mol. The second-order valence-corrected chi connectivity index (χ2v) is 6.40. The topological polar surface area (TPSA) is 55.8 Å². The average molecular weight is 305 g/mol. The number of likely N-dealkylation sites (tertiary alicyclic amines) is 1. The van der Waals surface area contributed by atoms with Crippen LogP contribution in [0.1, 0.15) is 50.4 Å². The molecule has 1 aliphatic heterocycles. The summed E-state index contributed by atoms with van der Waals surface area (Å²) in [6, 6.07) is 8.79. The smallest absolute Gasteiger partial charge is 0.413 e. The van der Waals surface area contributed by atoms with Gasteiger partial charge in [-0.25, -0.2) is 9.59 Å². The van der Waals surface area contributed by atoms with Gasteiger partial charge in [-0.05, 0) is 45.7 Å². The SMILES string of the molecule is CC(C)(C)OC(=O)N1CCCCC1OC(=O)c1ccccc1. The molecule has 2 rings (SSSR count). The van der Waals surface area contributed by atoms with Crippen molar-refractivity contribution >= 4 is 12.1 Å². The van der Waals surface area contributed by atoms with Crippen molar-refractivity contribution in [2.75, 3.05) is 6.54 Å². The lowest BCUT2D eigenvalue weighted by Gasteiger charge is -2.35. The van der Waals surface area contributed by atoms with Gasteiger partial charge in [0.1, 0.15) is 5.60 Å². The van der Waals surface area contributed by atoms with Crippen molar-refractivity contribution in [3.8, 4) is 0 Å². The minimum atomic E-state index is -0.567. The Kier molecular flexibility index (Phi) is 5.06. The Morgan fingerprint density at radius 3 is 2.45 bits per heavy atom. The maximum atomic E-state index is 12.3. The summed E-state index contributed by atoms with van der Waals surface area (Å²) in [5.41, 5.74) is -0.0834. The summed E-state index contributed by atoms with van der Waals surface area (Å²) in [5, 5.41) is 0. The number of ether oxygens (including phenoxy) is 2. The summed E-state index contributed by atoms with van der Waals surface area (Å²) in [7, 11) is 0. The number of nitrogens with zero attached hydrogens (tertiary/aromatic N) is 1. The Hall–Kier alpha value is -2.04. The number of hydrogen-bond acceptors (Lipinski definition) is 4. The third-order valence-corrected chi connectivity index (χ3v) is 3.33. The van der Waals surface area contributed by atoms with Crippen LogP contribution in [-0.4, -0.2) is 35.3 Å². The molecular weight excluding hydrogens is 282 g/mol. The molecule has 1 heterocycles. The molecule has 0 bridgehead atoms. The second kappa shape index (κ2) is 6.81. The summed E-state index contributed by atoms with van der Waals surface area (Å²) in [5.74, 6) is -0.416. The lowest BCUT2D eigenvalue weighted by molar-refractivity contribution is -0.0596. The van der Waals surface area contributed by atoms with Crippen LogP contribution in [0.2, 0.25) is 0 Å². The third-order valence-electron chi connectivity index (χ3n) is 3.33. The first kappa shape index (κ1) is 16.3. The van der Waals surface area contributed by atoms with E-state index in [0.29, 0.717) is 18.5 Å². The summed E-state index contributed by atoms with van der Waals surface area (Å²) >= 11 is 0. The van der Waals surface area contributed by atoms with E-state index in [2.05, 4.69) is 0 Å². The summed E-state index contributed by atoms with van der Waals surface area (Å²) < 4.78 is 10.9.